The van der Waals surface area contributed by atoms with E-state index in [2.05, 4.69) is 162 Å². The highest BCUT2D eigenvalue weighted by molar-refractivity contribution is 7.26. The topological polar surface area (TPSA) is 43.6 Å². The summed E-state index contributed by atoms with van der Waals surface area (Å²) in [5, 5.41) is 4.85. The molecule has 0 bridgehead atoms. The van der Waals surface area contributed by atoms with Crippen LogP contribution in [0.4, 0.5) is 0 Å². The maximum absolute atomic E-state index is 5.10. The molecule has 0 saturated carbocycles. The second-order valence-corrected chi connectivity index (χ2v) is 15.1. The highest BCUT2D eigenvalue weighted by Gasteiger charge is 2.18. The normalized spacial score (nSPS) is 11.6. The molecule has 0 atom stereocenters. The van der Waals surface area contributed by atoms with E-state index in [0.717, 1.165) is 27.8 Å². The summed E-state index contributed by atoms with van der Waals surface area (Å²) in [5.74, 6) is 1.98. The van der Waals surface area contributed by atoms with Crippen molar-refractivity contribution in [2.45, 2.75) is 0 Å². The fraction of sp³-hybridized carbons (Fsp3) is 0. The second-order valence-electron chi connectivity index (χ2n) is 14.0. The molecule has 56 heavy (non-hydrogen) atoms. The van der Waals surface area contributed by atoms with Crippen LogP contribution in [0, 0.1) is 0 Å². The van der Waals surface area contributed by atoms with Crippen LogP contribution >= 0.6 is 11.3 Å². The van der Waals surface area contributed by atoms with Crippen molar-refractivity contribution in [3.05, 3.63) is 194 Å². The molecular weight excluding hydrogens is 701 g/mol. The zero-order chi connectivity index (χ0) is 37.0. The molecule has 11 rings (SSSR count). The van der Waals surface area contributed by atoms with E-state index in [1.807, 2.05) is 36.4 Å². The first-order valence-electron chi connectivity index (χ1n) is 18.8. The second kappa shape index (κ2) is 13.3. The molecular formula is C51H32N4S. The predicted octanol–water partition coefficient (Wildman–Crippen LogP) is 13.7. The summed E-state index contributed by atoms with van der Waals surface area (Å²) in [6.07, 6.45) is 0. The summed E-state index contributed by atoms with van der Waals surface area (Å²) in [5.41, 5.74) is 11.2. The van der Waals surface area contributed by atoms with Crippen molar-refractivity contribution in [3.8, 4) is 62.1 Å². The van der Waals surface area contributed by atoms with Gasteiger partial charge in [0, 0.05) is 53.3 Å². The number of rotatable bonds is 6. The fourth-order valence-electron chi connectivity index (χ4n) is 8.01. The molecule has 4 nitrogen and oxygen atoms in total. The maximum atomic E-state index is 5.10. The molecule has 0 fully saturated rings. The van der Waals surface area contributed by atoms with Crippen molar-refractivity contribution >= 4 is 53.3 Å². The first kappa shape index (κ1) is 32.2. The molecule has 11 aromatic rings. The molecule has 0 radical (unpaired) electrons. The van der Waals surface area contributed by atoms with Crippen LogP contribution in [-0.2, 0) is 0 Å². The molecule has 0 amide bonds. The number of benzene rings is 8. The number of fused-ring (bicyclic) bond motifs is 6. The van der Waals surface area contributed by atoms with Gasteiger partial charge >= 0.3 is 0 Å². The Bertz CT molecular complexity index is 3180. The maximum Gasteiger partial charge on any atom is 0.164 e. The van der Waals surface area contributed by atoms with Crippen molar-refractivity contribution in [2.75, 3.05) is 0 Å². The summed E-state index contributed by atoms with van der Waals surface area (Å²) in [4.78, 5) is 15.1. The van der Waals surface area contributed by atoms with Gasteiger partial charge in [-0.3, -0.25) is 0 Å². The molecule has 0 spiro atoms. The van der Waals surface area contributed by atoms with Gasteiger partial charge in [0.05, 0.1) is 11.0 Å². The van der Waals surface area contributed by atoms with Crippen molar-refractivity contribution in [1.29, 1.82) is 0 Å². The van der Waals surface area contributed by atoms with Gasteiger partial charge in [-0.15, -0.1) is 11.3 Å². The summed E-state index contributed by atoms with van der Waals surface area (Å²) in [7, 11) is 0. The van der Waals surface area contributed by atoms with E-state index in [1.54, 1.807) is 11.3 Å². The third kappa shape index (κ3) is 5.48. The highest BCUT2D eigenvalue weighted by atomic mass is 32.1. The van der Waals surface area contributed by atoms with Crippen molar-refractivity contribution < 1.29 is 0 Å². The SMILES string of the molecule is c1ccc(-c2nc(-c3ccccc3)nc(-c3cccc4sc5ccc(-c6cccc(-c7ccc8c(c7)c7ccccc7n8-c7ccccc7)c6)cc5c34)n2)cc1. The largest absolute Gasteiger partial charge is 0.309 e. The number of aromatic nitrogens is 4. The van der Waals surface area contributed by atoms with Gasteiger partial charge in [-0.05, 0) is 76.9 Å². The van der Waals surface area contributed by atoms with Crippen LogP contribution in [-0.4, -0.2) is 19.5 Å². The van der Waals surface area contributed by atoms with Gasteiger partial charge < -0.3 is 4.57 Å². The van der Waals surface area contributed by atoms with Crippen LogP contribution in [0.5, 0.6) is 0 Å². The molecule has 0 aliphatic rings. The molecule has 8 aromatic carbocycles. The third-order valence-electron chi connectivity index (χ3n) is 10.7. The minimum absolute atomic E-state index is 0.659. The summed E-state index contributed by atoms with van der Waals surface area (Å²) in [6, 6.07) is 68.7. The van der Waals surface area contributed by atoms with Gasteiger partial charge in [-0.1, -0.05) is 140 Å². The quantitative estimate of drug-likeness (QED) is 0.171. The van der Waals surface area contributed by atoms with Crippen molar-refractivity contribution in [2.24, 2.45) is 0 Å². The molecule has 5 heteroatoms. The van der Waals surface area contributed by atoms with Gasteiger partial charge in [0.1, 0.15) is 0 Å². The average molecular weight is 733 g/mol. The Morgan fingerprint density at radius 1 is 0.339 bits per heavy atom. The van der Waals surface area contributed by atoms with Crippen LogP contribution in [0.3, 0.4) is 0 Å². The Morgan fingerprint density at radius 3 is 1.59 bits per heavy atom. The first-order valence-corrected chi connectivity index (χ1v) is 19.6. The van der Waals surface area contributed by atoms with Gasteiger partial charge in [-0.25, -0.2) is 15.0 Å². The van der Waals surface area contributed by atoms with Crippen LogP contribution in [0.25, 0.3) is 104 Å². The van der Waals surface area contributed by atoms with E-state index in [1.165, 1.54) is 58.8 Å². The zero-order valence-corrected chi connectivity index (χ0v) is 31.0. The predicted molar refractivity (Wildman–Crippen MR) is 234 cm³/mol. The van der Waals surface area contributed by atoms with E-state index in [-0.39, 0.29) is 0 Å². The molecule has 3 heterocycles. The summed E-state index contributed by atoms with van der Waals surface area (Å²) in [6.45, 7) is 0. The first-order chi connectivity index (χ1) is 27.7. The number of para-hydroxylation sites is 2. The Labute approximate surface area is 327 Å². The standard InChI is InChI=1S/C51H32N4S/c1-4-14-33(15-5-1)49-52-50(34-16-6-2-7-17-34)54-51(53-49)41-23-13-25-47-48(41)43-32-38(27-29-46(43)56-47)36-19-12-18-35(30-36)37-26-28-45-42(31-37)40-22-10-11-24-44(40)55(45)39-20-8-3-9-21-39/h1-32H. The lowest BCUT2D eigenvalue weighted by molar-refractivity contribution is 1.08. The third-order valence-corrected chi connectivity index (χ3v) is 11.8. The lowest BCUT2D eigenvalue weighted by Gasteiger charge is -2.10. The van der Waals surface area contributed by atoms with E-state index in [0.29, 0.717) is 17.5 Å². The number of thiophene rings is 1. The number of hydrogen-bond acceptors (Lipinski definition) is 4. The van der Waals surface area contributed by atoms with E-state index in [9.17, 15) is 0 Å². The monoisotopic (exact) mass is 732 g/mol. The minimum Gasteiger partial charge on any atom is -0.309 e. The fourth-order valence-corrected chi connectivity index (χ4v) is 9.12. The molecule has 0 saturated heterocycles. The lowest BCUT2D eigenvalue weighted by Crippen LogP contribution is -2.00. The zero-order valence-electron chi connectivity index (χ0n) is 30.2. The highest BCUT2D eigenvalue weighted by Crippen LogP contribution is 2.42. The van der Waals surface area contributed by atoms with Crippen LogP contribution < -0.4 is 0 Å². The van der Waals surface area contributed by atoms with Gasteiger partial charge in [0.15, 0.2) is 17.5 Å². The lowest BCUT2D eigenvalue weighted by atomic mass is 9.96. The number of hydrogen-bond donors (Lipinski definition) is 0. The van der Waals surface area contributed by atoms with Crippen molar-refractivity contribution in [3.63, 3.8) is 0 Å². The molecule has 3 aromatic heterocycles. The summed E-state index contributed by atoms with van der Waals surface area (Å²) >= 11 is 1.80. The van der Waals surface area contributed by atoms with E-state index in [4.69, 9.17) is 15.0 Å². The molecule has 0 N–H and O–H groups in total. The minimum atomic E-state index is 0.659. The summed E-state index contributed by atoms with van der Waals surface area (Å²) < 4.78 is 4.80. The van der Waals surface area contributed by atoms with E-state index < -0.39 is 0 Å². The van der Waals surface area contributed by atoms with Gasteiger partial charge in [-0.2, -0.15) is 0 Å². The van der Waals surface area contributed by atoms with Crippen LogP contribution in [0.1, 0.15) is 0 Å². The number of nitrogens with zero attached hydrogens (tertiary/aromatic N) is 4. The Balaban J connectivity index is 1.03. The van der Waals surface area contributed by atoms with Gasteiger partial charge in [0.25, 0.3) is 0 Å². The van der Waals surface area contributed by atoms with Gasteiger partial charge in [0.2, 0.25) is 0 Å². The Kier molecular flexibility index (Phi) is 7.64. The van der Waals surface area contributed by atoms with E-state index >= 15 is 0 Å². The van der Waals surface area contributed by atoms with Crippen molar-refractivity contribution in [1.82, 2.24) is 19.5 Å². The van der Waals surface area contributed by atoms with Crippen LogP contribution in [0.15, 0.2) is 194 Å². The van der Waals surface area contributed by atoms with Crippen LogP contribution in [0.2, 0.25) is 0 Å². The molecule has 0 aliphatic heterocycles. The molecule has 0 unspecified atom stereocenters. The average Bonchev–Trinajstić information content (AvgIpc) is 3.82. The molecule has 262 valence electrons. The smallest absolute Gasteiger partial charge is 0.164 e. The molecule has 0 aliphatic carbocycles. The Morgan fingerprint density at radius 2 is 0.875 bits per heavy atom. The Hall–Kier alpha value is -7.21.